The van der Waals surface area contributed by atoms with Crippen molar-refractivity contribution in [3.63, 3.8) is 0 Å². The molecular weight excluding hydrogens is 408 g/mol. The first-order chi connectivity index (χ1) is 15.5. The molecule has 5 rings (SSSR count). The van der Waals surface area contributed by atoms with E-state index in [1.54, 1.807) is 29.2 Å². The second-order valence-corrected chi connectivity index (χ2v) is 8.47. The summed E-state index contributed by atoms with van der Waals surface area (Å²) in [6.07, 6.45) is 2.34. The number of hydrogen-bond donors (Lipinski definition) is 2. The molecule has 32 heavy (non-hydrogen) atoms. The van der Waals surface area contributed by atoms with Crippen LogP contribution in [0, 0.1) is 5.92 Å². The van der Waals surface area contributed by atoms with Gasteiger partial charge in [-0.15, -0.1) is 0 Å². The summed E-state index contributed by atoms with van der Waals surface area (Å²) < 4.78 is 0. The summed E-state index contributed by atoms with van der Waals surface area (Å²) in [4.78, 5) is 40.9. The predicted octanol–water partition coefficient (Wildman–Crippen LogP) is 1.91. The number of aromatic hydroxyl groups is 1. The van der Waals surface area contributed by atoms with E-state index in [1.165, 1.54) is 6.07 Å². The number of carbonyl (C=O) groups is 2. The van der Waals surface area contributed by atoms with Gasteiger partial charge in [-0.2, -0.15) is 5.10 Å². The van der Waals surface area contributed by atoms with E-state index >= 15 is 0 Å². The van der Waals surface area contributed by atoms with Crippen LogP contribution < -0.4 is 5.56 Å². The van der Waals surface area contributed by atoms with E-state index in [1.807, 2.05) is 17.0 Å². The third-order valence-corrected chi connectivity index (χ3v) is 6.24. The van der Waals surface area contributed by atoms with Gasteiger partial charge < -0.3 is 14.9 Å². The molecule has 2 aromatic carbocycles. The van der Waals surface area contributed by atoms with Crippen LogP contribution in [0.15, 0.2) is 47.3 Å². The van der Waals surface area contributed by atoms with Crippen molar-refractivity contribution in [1.29, 1.82) is 0 Å². The van der Waals surface area contributed by atoms with Gasteiger partial charge in [0.05, 0.1) is 16.6 Å². The number of piperazine rings is 1. The van der Waals surface area contributed by atoms with Crippen molar-refractivity contribution in [2.24, 2.45) is 5.92 Å². The molecule has 1 aliphatic carbocycles. The number of carbonyl (C=O) groups excluding carboxylic acids is 2. The molecule has 1 saturated heterocycles. The van der Waals surface area contributed by atoms with E-state index in [0.29, 0.717) is 43.7 Å². The van der Waals surface area contributed by atoms with Crippen molar-refractivity contribution in [2.75, 3.05) is 26.2 Å². The average Bonchev–Trinajstić information content (AvgIpc) is 3.67. The van der Waals surface area contributed by atoms with Crippen LogP contribution in [0.3, 0.4) is 0 Å². The van der Waals surface area contributed by atoms with Gasteiger partial charge in [0, 0.05) is 43.9 Å². The van der Waals surface area contributed by atoms with Crippen LogP contribution in [-0.4, -0.2) is 63.1 Å². The fourth-order valence-corrected chi connectivity index (χ4v) is 4.25. The fraction of sp³-hybridized carbons (Fsp3) is 0.333. The Kier molecular flexibility index (Phi) is 5.13. The number of phenols is 1. The molecule has 0 unspecified atom stereocenters. The minimum absolute atomic E-state index is 0.0745. The van der Waals surface area contributed by atoms with E-state index in [9.17, 15) is 19.5 Å². The molecule has 2 amide bonds. The lowest BCUT2D eigenvalue weighted by atomic mass is 10.0. The number of H-pyrrole nitrogens is 1. The largest absolute Gasteiger partial charge is 0.507 e. The van der Waals surface area contributed by atoms with Crippen LogP contribution in [0.25, 0.3) is 10.8 Å². The number of nitrogens with zero attached hydrogens (tertiary/aromatic N) is 3. The smallest absolute Gasteiger partial charge is 0.272 e. The molecule has 1 aromatic heterocycles. The standard InChI is InChI=1S/C24H24N4O4/c29-21-8-5-15(14-20-17-3-1-2-4-18(17)22(30)26-25-20)13-19(21)24(32)28-11-9-27(10-12-28)23(31)16-6-7-16/h1-5,8,13,16,29H,6-7,9-12,14H2,(H,26,30). The first kappa shape index (κ1) is 20.2. The normalized spacial score (nSPS) is 16.4. The third-order valence-electron chi connectivity index (χ3n) is 6.24. The van der Waals surface area contributed by atoms with Crippen LogP contribution in [0.4, 0.5) is 0 Å². The average molecular weight is 432 g/mol. The highest BCUT2D eigenvalue weighted by atomic mass is 16.3. The molecule has 8 heteroatoms. The monoisotopic (exact) mass is 432 g/mol. The van der Waals surface area contributed by atoms with Crippen molar-refractivity contribution >= 4 is 22.6 Å². The van der Waals surface area contributed by atoms with Crippen molar-refractivity contribution in [3.05, 3.63) is 69.6 Å². The third kappa shape index (κ3) is 3.84. The highest BCUT2D eigenvalue weighted by Crippen LogP contribution is 2.31. The van der Waals surface area contributed by atoms with Gasteiger partial charge in [0.15, 0.2) is 0 Å². The summed E-state index contributed by atoms with van der Waals surface area (Å²) in [5.41, 5.74) is 1.48. The summed E-state index contributed by atoms with van der Waals surface area (Å²) in [6, 6.07) is 12.2. The lowest BCUT2D eigenvalue weighted by molar-refractivity contribution is -0.134. The summed E-state index contributed by atoms with van der Waals surface area (Å²) in [5, 5.41) is 18.4. The topological polar surface area (TPSA) is 107 Å². The molecule has 2 heterocycles. The maximum Gasteiger partial charge on any atom is 0.272 e. The van der Waals surface area contributed by atoms with E-state index in [4.69, 9.17) is 0 Å². The summed E-state index contributed by atoms with van der Waals surface area (Å²) >= 11 is 0. The summed E-state index contributed by atoms with van der Waals surface area (Å²) in [6.45, 7) is 1.95. The van der Waals surface area contributed by atoms with E-state index in [2.05, 4.69) is 10.2 Å². The lowest BCUT2D eigenvalue weighted by Gasteiger charge is -2.35. The first-order valence-corrected chi connectivity index (χ1v) is 10.9. The van der Waals surface area contributed by atoms with Crippen molar-refractivity contribution in [3.8, 4) is 5.75 Å². The molecule has 2 N–H and O–H groups in total. The Morgan fingerprint density at radius 2 is 1.69 bits per heavy atom. The maximum absolute atomic E-state index is 13.1. The number of phenolic OH excluding ortho intramolecular Hbond substituents is 1. The number of hydrogen-bond acceptors (Lipinski definition) is 5. The zero-order valence-electron chi connectivity index (χ0n) is 17.6. The zero-order valence-corrected chi connectivity index (χ0v) is 17.6. The Morgan fingerprint density at radius 3 is 2.41 bits per heavy atom. The van der Waals surface area contributed by atoms with Gasteiger partial charge in [0.2, 0.25) is 5.91 Å². The molecular formula is C24H24N4O4. The fourth-order valence-electron chi connectivity index (χ4n) is 4.25. The molecule has 164 valence electrons. The van der Waals surface area contributed by atoms with Crippen LogP contribution in [-0.2, 0) is 11.2 Å². The second-order valence-electron chi connectivity index (χ2n) is 8.47. The second kappa shape index (κ2) is 8.11. The molecule has 1 saturated carbocycles. The highest BCUT2D eigenvalue weighted by Gasteiger charge is 2.35. The summed E-state index contributed by atoms with van der Waals surface area (Å²) in [5.74, 6) is 0.0508. The van der Waals surface area contributed by atoms with Crippen LogP contribution in [0.1, 0.15) is 34.5 Å². The van der Waals surface area contributed by atoms with E-state index < -0.39 is 0 Å². The molecule has 0 bridgehead atoms. The SMILES string of the molecule is O=C(c1cc(Cc2n[nH]c(=O)c3ccccc23)ccc1O)N1CCN(C(=O)C2CC2)CC1. The van der Waals surface area contributed by atoms with E-state index in [0.717, 1.165) is 23.8 Å². The molecule has 0 radical (unpaired) electrons. The van der Waals surface area contributed by atoms with Crippen molar-refractivity contribution in [1.82, 2.24) is 20.0 Å². The molecule has 2 fully saturated rings. The Morgan fingerprint density at radius 1 is 1.00 bits per heavy atom. The molecule has 0 atom stereocenters. The number of aromatic nitrogens is 2. The van der Waals surface area contributed by atoms with Gasteiger partial charge >= 0.3 is 0 Å². The van der Waals surface area contributed by atoms with Crippen LogP contribution >= 0.6 is 0 Å². The first-order valence-electron chi connectivity index (χ1n) is 10.9. The van der Waals surface area contributed by atoms with Crippen molar-refractivity contribution in [2.45, 2.75) is 19.3 Å². The van der Waals surface area contributed by atoms with Crippen LogP contribution in [0.2, 0.25) is 0 Å². The number of fused-ring (bicyclic) bond motifs is 1. The Hall–Kier alpha value is -3.68. The van der Waals surface area contributed by atoms with Crippen LogP contribution in [0.5, 0.6) is 5.75 Å². The van der Waals surface area contributed by atoms with Crippen molar-refractivity contribution < 1.29 is 14.7 Å². The lowest BCUT2D eigenvalue weighted by Crippen LogP contribution is -2.51. The predicted molar refractivity (Wildman–Crippen MR) is 118 cm³/mol. The minimum atomic E-state index is -0.248. The van der Waals surface area contributed by atoms with Gasteiger partial charge in [-0.1, -0.05) is 24.3 Å². The van der Waals surface area contributed by atoms with Gasteiger partial charge in [-0.05, 0) is 36.6 Å². The molecule has 1 aliphatic heterocycles. The quantitative estimate of drug-likeness (QED) is 0.655. The molecule has 8 nitrogen and oxygen atoms in total. The summed E-state index contributed by atoms with van der Waals surface area (Å²) in [7, 11) is 0. The van der Waals surface area contributed by atoms with E-state index in [-0.39, 0.29) is 34.6 Å². The van der Waals surface area contributed by atoms with Gasteiger partial charge in [-0.3, -0.25) is 14.4 Å². The Balaban J connectivity index is 1.34. The number of nitrogens with one attached hydrogen (secondary N) is 1. The molecule has 3 aromatic rings. The zero-order chi connectivity index (χ0) is 22.2. The molecule has 2 aliphatic rings. The number of benzene rings is 2. The van der Waals surface area contributed by atoms with Gasteiger partial charge in [0.1, 0.15) is 5.75 Å². The van der Waals surface area contributed by atoms with Gasteiger partial charge in [0.25, 0.3) is 11.5 Å². The van der Waals surface area contributed by atoms with Gasteiger partial charge in [-0.25, -0.2) is 5.10 Å². The minimum Gasteiger partial charge on any atom is -0.507 e. The Labute approximate surface area is 184 Å². The Bertz CT molecular complexity index is 1260. The highest BCUT2D eigenvalue weighted by molar-refractivity contribution is 5.97. The maximum atomic E-state index is 13.1. The molecule has 0 spiro atoms. The number of rotatable bonds is 4. The number of amides is 2. The number of aromatic amines is 1.